The standard InChI is InChI=1S/C23H29N3O2/c1-3-15-25-20-12-8-9-13-21(20)26(23(25)28)16-14-22(27)24-17-18(4-2)19-10-6-5-7-11-19/h5-13,18H,3-4,14-17H2,1-2H3,(H,24,27). The first-order valence-electron chi connectivity index (χ1n) is 10.1. The number of aromatic nitrogens is 2. The van der Waals surface area contributed by atoms with E-state index in [1.165, 1.54) is 5.56 Å². The lowest BCUT2D eigenvalue weighted by Crippen LogP contribution is -2.31. The van der Waals surface area contributed by atoms with Crippen LogP contribution in [-0.4, -0.2) is 21.6 Å². The Hall–Kier alpha value is -2.82. The van der Waals surface area contributed by atoms with Crippen molar-refractivity contribution in [3.8, 4) is 0 Å². The zero-order valence-electron chi connectivity index (χ0n) is 16.7. The molecule has 1 heterocycles. The molecule has 1 aromatic heterocycles. The number of fused-ring (bicyclic) bond motifs is 1. The highest BCUT2D eigenvalue weighted by Gasteiger charge is 2.14. The molecule has 3 rings (SSSR count). The number of carbonyl (C=O) groups excluding carboxylic acids is 1. The second kappa shape index (κ2) is 9.40. The smallest absolute Gasteiger partial charge is 0.329 e. The van der Waals surface area contributed by atoms with Crippen LogP contribution >= 0.6 is 0 Å². The predicted octanol–water partition coefficient (Wildman–Crippen LogP) is 3.91. The number of rotatable bonds is 9. The number of carbonyl (C=O) groups is 1. The van der Waals surface area contributed by atoms with Gasteiger partial charge in [-0.25, -0.2) is 4.79 Å². The molecular formula is C23H29N3O2. The average molecular weight is 380 g/mol. The molecule has 5 nitrogen and oxygen atoms in total. The van der Waals surface area contributed by atoms with Crippen molar-refractivity contribution in [3.63, 3.8) is 0 Å². The van der Waals surface area contributed by atoms with Crippen LogP contribution in [0.2, 0.25) is 0 Å². The highest BCUT2D eigenvalue weighted by atomic mass is 16.2. The molecule has 0 radical (unpaired) electrons. The predicted molar refractivity (Wildman–Crippen MR) is 114 cm³/mol. The molecule has 0 bridgehead atoms. The van der Waals surface area contributed by atoms with Gasteiger partial charge in [-0.3, -0.25) is 13.9 Å². The number of nitrogens with one attached hydrogen (secondary N) is 1. The van der Waals surface area contributed by atoms with Crippen LogP contribution in [-0.2, 0) is 17.9 Å². The normalized spacial score (nSPS) is 12.2. The Morgan fingerprint density at radius 3 is 2.14 bits per heavy atom. The van der Waals surface area contributed by atoms with Crippen molar-refractivity contribution in [2.24, 2.45) is 0 Å². The Balaban J connectivity index is 1.65. The van der Waals surface area contributed by atoms with Crippen molar-refractivity contribution < 1.29 is 4.79 Å². The van der Waals surface area contributed by atoms with E-state index in [0.29, 0.717) is 32.0 Å². The van der Waals surface area contributed by atoms with E-state index in [2.05, 4.69) is 31.3 Å². The van der Waals surface area contributed by atoms with Crippen molar-refractivity contribution in [1.29, 1.82) is 0 Å². The first kappa shape index (κ1) is 19.9. The van der Waals surface area contributed by atoms with Crippen molar-refractivity contribution in [3.05, 3.63) is 70.6 Å². The molecule has 28 heavy (non-hydrogen) atoms. The van der Waals surface area contributed by atoms with E-state index in [1.54, 1.807) is 9.13 Å². The number of para-hydroxylation sites is 2. The lowest BCUT2D eigenvalue weighted by molar-refractivity contribution is -0.121. The van der Waals surface area contributed by atoms with E-state index >= 15 is 0 Å². The van der Waals surface area contributed by atoms with Crippen LogP contribution in [0.25, 0.3) is 11.0 Å². The summed E-state index contributed by atoms with van der Waals surface area (Å²) in [4.78, 5) is 25.2. The molecule has 1 atom stereocenters. The number of nitrogens with zero attached hydrogens (tertiary/aromatic N) is 2. The van der Waals surface area contributed by atoms with Crippen LogP contribution < -0.4 is 11.0 Å². The molecule has 0 fully saturated rings. The van der Waals surface area contributed by atoms with Crippen LogP contribution in [0.3, 0.4) is 0 Å². The first-order valence-corrected chi connectivity index (χ1v) is 10.1. The largest absolute Gasteiger partial charge is 0.355 e. The fourth-order valence-corrected chi connectivity index (χ4v) is 3.69. The third-order valence-electron chi connectivity index (χ3n) is 5.24. The van der Waals surface area contributed by atoms with Gasteiger partial charge in [-0.2, -0.15) is 0 Å². The molecule has 1 unspecified atom stereocenters. The van der Waals surface area contributed by atoms with E-state index < -0.39 is 0 Å². The van der Waals surface area contributed by atoms with Crippen LogP contribution in [0.4, 0.5) is 0 Å². The summed E-state index contributed by atoms with van der Waals surface area (Å²) >= 11 is 0. The number of amides is 1. The van der Waals surface area contributed by atoms with E-state index in [4.69, 9.17) is 0 Å². The van der Waals surface area contributed by atoms with Gasteiger partial charge < -0.3 is 5.32 Å². The molecule has 0 saturated heterocycles. The minimum Gasteiger partial charge on any atom is -0.355 e. The van der Waals surface area contributed by atoms with Gasteiger partial charge in [0.2, 0.25) is 5.91 Å². The SMILES string of the molecule is CCCn1c(=O)n(CCC(=O)NCC(CC)c2ccccc2)c2ccccc21. The highest BCUT2D eigenvalue weighted by Crippen LogP contribution is 2.18. The van der Waals surface area contributed by atoms with Crippen molar-refractivity contribution in [2.75, 3.05) is 6.54 Å². The molecule has 5 heteroatoms. The van der Waals surface area contributed by atoms with Crippen molar-refractivity contribution in [2.45, 2.75) is 52.1 Å². The summed E-state index contributed by atoms with van der Waals surface area (Å²) in [6, 6.07) is 18.0. The second-order valence-corrected chi connectivity index (χ2v) is 7.14. The summed E-state index contributed by atoms with van der Waals surface area (Å²) in [5, 5.41) is 3.04. The van der Waals surface area contributed by atoms with E-state index in [0.717, 1.165) is 23.9 Å². The van der Waals surface area contributed by atoms with Crippen LogP contribution in [0.1, 0.15) is 44.6 Å². The Morgan fingerprint density at radius 2 is 1.54 bits per heavy atom. The summed E-state index contributed by atoms with van der Waals surface area (Å²) in [6.07, 6.45) is 2.16. The maximum Gasteiger partial charge on any atom is 0.329 e. The maximum atomic E-state index is 12.8. The molecule has 0 aliphatic heterocycles. The summed E-state index contributed by atoms with van der Waals surface area (Å²) < 4.78 is 3.52. The molecule has 148 valence electrons. The zero-order chi connectivity index (χ0) is 19.9. The second-order valence-electron chi connectivity index (χ2n) is 7.14. The Labute approximate surface area is 166 Å². The molecule has 0 aliphatic rings. The summed E-state index contributed by atoms with van der Waals surface area (Å²) in [6.45, 7) is 5.89. The Morgan fingerprint density at radius 1 is 0.929 bits per heavy atom. The summed E-state index contributed by atoms with van der Waals surface area (Å²) in [5.41, 5.74) is 3.03. The minimum absolute atomic E-state index is 0.0198. The van der Waals surface area contributed by atoms with Gasteiger partial charge in [0, 0.05) is 32.0 Å². The number of benzene rings is 2. The molecule has 1 amide bonds. The van der Waals surface area contributed by atoms with Gasteiger partial charge in [0.1, 0.15) is 0 Å². The maximum absolute atomic E-state index is 12.8. The molecular weight excluding hydrogens is 350 g/mol. The summed E-state index contributed by atoms with van der Waals surface area (Å²) in [7, 11) is 0. The van der Waals surface area contributed by atoms with Crippen molar-refractivity contribution in [1.82, 2.24) is 14.5 Å². The van der Waals surface area contributed by atoms with Crippen LogP contribution in [0.15, 0.2) is 59.4 Å². The quantitative estimate of drug-likeness (QED) is 0.613. The molecule has 0 saturated carbocycles. The van der Waals surface area contributed by atoms with Gasteiger partial charge >= 0.3 is 5.69 Å². The van der Waals surface area contributed by atoms with Gasteiger partial charge in [-0.1, -0.05) is 56.3 Å². The lowest BCUT2D eigenvalue weighted by Gasteiger charge is -2.16. The number of imidazole rings is 1. The Bertz CT molecular complexity index is 972. The zero-order valence-corrected chi connectivity index (χ0v) is 16.7. The van der Waals surface area contributed by atoms with Gasteiger partial charge in [0.05, 0.1) is 11.0 Å². The third-order valence-corrected chi connectivity index (χ3v) is 5.24. The molecule has 3 aromatic rings. The van der Waals surface area contributed by atoms with Gasteiger partial charge in [-0.15, -0.1) is 0 Å². The van der Waals surface area contributed by atoms with E-state index in [9.17, 15) is 9.59 Å². The first-order chi connectivity index (χ1) is 13.7. The van der Waals surface area contributed by atoms with Gasteiger partial charge in [0.15, 0.2) is 0 Å². The minimum atomic E-state index is -0.0356. The molecule has 0 spiro atoms. The van der Waals surface area contributed by atoms with Crippen molar-refractivity contribution >= 4 is 16.9 Å². The Kier molecular flexibility index (Phi) is 6.69. The topological polar surface area (TPSA) is 56.0 Å². The fraction of sp³-hybridized carbons (Fsp3) is 0.391. The van der Waals surface area contributed by atoms with Gasteiger partial charge in [-0.05, 0) is 30.5 Å². The van der Waals surface area contributed by atoms with Gasteiger partial charge in [0.25, 0.3) is 0 Å². The number of hydrogen-bond donors (Lipinski definition) is 1. The summed E-state index contributed by atoms with van der Waals surface area (Å²) in [5.74, 6) is 0.285. The van der Waals surface area contributed by atoms with E-state index in [1.807, 2.05) is 42.5 Å². The monoisotopic (exact) mass is 379 g/mol. The molecule has 1 N–H and O–H groups in total. The fourth-order valence-electron chi connectivity index (χ4n) is 3.69. The highest BCUT2D eigenvalue weighted by molar-refractivity contribution is 5.78. The van der Waals surface area contributed by atoms with Crippen LogP contribution in [0.5, 0.6) is 0 Å². The van der Waals surface area contributed by atoms with E-state index in [-0.39, 0.29) is 11.6 Å². The number of aryl methyl sites for hydroxylation is 2. The average Bonchev–Trinajstić information content (AvgIpc) is 2.99. The van der Waals surface area contributed by atoms with Crippen LogP contribution in [0, 0.1) is 0 Å². The third kappa shape index (κ3) is 4.35. The molecule has 2 aromatic carbocycles. The number of hydrogen-bond acceptors (Lipinski definition) is 2. The molecule has 0 aliphatic carbocycles. The lowest BCUT2D eigenvalue weighted by atomic mass is 9.96.